The normalized spacial score (nSPS) is 12.6. The summed E-state index contributed by atoms with van der Waals surface area (Å²) < 4.78 is 6.74. The summed E-state index contributed by atoms with van der Waals surface area (Å²) in [6.45, 7) is 5.11. The fraction of sp³-hybridized carbons (Fsp3) is 0.429. The molecule has 4 nitrogen and oxygen atoms in total. The minimum atomic E-state index is 0.101. The molecule has 1 atom stereocenters. The second kappa shape index (κ2) is 6.82. The van der Waals surface area contributed by atoms with Gasteiger partial charge in [0.05, 0.1) is 12.5 Å². The van der Waals surface area contributed by atoms with Gasteiger partial charge in [-0.05, 0) is 37.6 Å². The van der Waals surface area contributed by atoms with Gasteiger partial charge in [-0.2, -0.15) is 0 Å². The lowest BCUT2D eigenvalue weighted by Crippen LogP contribution is -2.19. The smallest absolute Gasteiger partial charge is 0.233 e. The Morgan fingerprint density at radius 3 is 2.95 bits per heavy atom. The molecule has 1 heterocycles. The van der Waals surface area contributed by atoms with Gasteiger partial charge in [0.15, 0.2) is 0 Å². The summed E-state index contributed by atoms with van der Waals surface area (Å²) in [6, 6.07) is 8.21. The van der Waals surface area contributed by atoms with Crippen molar-refractivity contribution in [3.05, 3.63) is 46.1 Å². The van der Waals surface area contributed by atoms with Crippen molar-refractivity contribution < 1.29 is 4.42 Å². The lowest BCUT2D eigenvalue weighted by molar-refractivity contribution is 0.397. The molecule has 0 bridgehead atoms. The van der Waals surface area contributed by atoms with Gasteiger partial charge in [0.1, 0.15) is 0 Å². The van der Waals surface area contributed by atoms with Crippen molar-refractivity contribution in [2.75, 3.05) is 6.54 Å². The van der Waals surface area contributed by atoms with Gasteiger partial charge in [-0.3, -0.25) is 0 Å². The van der Waals surface area contributed by atoms with Crippen LogP contribution < -0.4 is 5.32 Å². The van der Waals surface area contributed by atoms with E-state index in [4.69, 9.17) is 4.42 Å². The Bertz CT molecular complexity index is 527. The zero-order valence-corrected chi connectivity index (χ0v) is 12.8. The van der Waals surface area contributed by atoms with Crippen LogP contribution in [0.1, 0.15) is 43.7 Å². The highest BCUT2D eigenvalue weighted by atomic mass is 79.9. The zero-order valence-electron chi connectivity index (χ0n) is 11.2. The van der Waals surface area contributed by atoms with E-state index in [9.17, 15) is 0 Å². The number of halogens is 1. The molecule has 0 spiro atoms. The first-order valence-corrected chi connectivity index (χ1v) is 7.28. The third kappa shape index (κ3) is 4.14. The maximum Gasteiger partial charge on any atom is 0.233 e. The molecule has 2 rings (SSSR count). The Hall–Kier alpha value is -1.20. The second-order valence-electron chi connectivity index (χ2n) is 4.52. The van der Waals surface area contributed by atoms with E-state index in [1.54, 1.807) is 0 Å². The molecule has 1 N–H and O–H groups in total. The predicted octanol–water partition coefficient (Wildman–Crippen LogP) is 3.48. The standard InChI is InChI=1S/C14H18BrN3O/c1-3-7-16-10(2)14-18-17-13(19-14)9-11-5-4-6-12(15)8-11/h4-6,8,10,16H,3,7,9H2,1-2H3. The predicted molar refractivity (Wildman–Crippen MR) is 78.0 cm³/mol. The molecule has 0 amide bonds. The molecule has 0 fully saturated rings. The summed E-state index contributed by atoms with van der Waals surface area (Å²) in [7, 11) is 0. The number of rotatable bonds is 6. The average Bonchev–Trinajstić information content (AvgIpc) is 2.84. The van der Waals surface area contributed by atoms with Gasteiger partial charge in [-0.15, -0.1) is 10.2 Å². The molecule has 0 aliphatic heterocycles. The van der Waals surface area contributed by atoms with E-state index in [-0.39, 0.29) is 6.04 Å². The molecule has 5 heteroatoms. The fourth-order valence-corrected chi connectivity index (χ4v) is 2.23. The molecule has 0 saturated heterocycles. The lowest BCUT2D eigenvalue weighted by Gasteiger charge is -2.07. The monoisotopic (exact) mass is 323 g/mol. The molecule has 0 aliphatic rings. The highest BCUT2D eigenvalue weighted by Gasteiger charge is 2.13. The third-order valence-corrected chi connectivity index (χ3v) is 3.29. The third-order valence-electron chi connectivity index (χ3n) is 2.80. The van der Waals surface area contributed by atoms with Crippen LogP contribution in [0.4, 0.5) is 0 Å². The summed E-state index contributed by atoms with van der Waals surface area (Å²) in [6.07, 6.45) is 1.75. The van der Waals surface area contributed by atoms with Crippen molar-refractivity contribution in [1.29, 1.82) is 0 Å². The van der Waals surface area contributed by atoms with Crippen LogP contribution >= 0.6 is 15.9 Å². The van der Waals surface area contributed by atoms with Gasteiger partial charge in [-0.1, -0.05) is 35.0 Å². The quantitative estimate of drug-likeness (QED) is 0.884. The Balaban J connectivity index is 2.01. The molecule has 0 saturated carbocycles. The summed E-state index contributed by atoms with van der Waals surface area (Å²) >= 11 is 3.46. The van der Waals surface area contributed by atoms with Gasteiger partial charge in [-0.25, -0.2) is 0 Å². The highest BCUT2D eigenvalue weighted by molar-refractivity contribution is 9.10. The van der Waals surface area contributed by atoms with Crippen LogP contribution in [0, 0.1) is 0 Å². The molecule has 2 aromatic rings. The van der Waals surface area contributed by atoms with Crippen molar-refractivity contribution in [3.63, 3.8) is 0 Å². The molecule has 1 aromatic carbocycles. The largest absolute Gasteiger partial charge is 0.423 e. The van der Waals surface area contributed by atoms with E-state index in [0.717, 1.165) is 23.0 Å². The van der Waals surface area contributed by atoms with E-state index in [1.807, 2.05) is 25.1 Å². The van der Waals surface area contributed by atoms with Gasteiger partial charge in [0.25, 0.3) is 0 Å². The molecule has 102 valence electrons. The van der Waals surface area contributed by atoms with Crippen LogP contribution in [0.5, 0.6) is 0 Å². The summed E-state index contributed by atoms with van der Waals surface area (Å²) in [5, 5.41) is 11.5. The molecule has 0 radical (unpaired) electrons. The van der Waals surface area contributed by atoms with E-state index in [2.05, 4.69) is 44.4 Å². The average molecular weight is 324 g/mol. The SMILES string of the molecule is CCCNC(C)c1nnc(Cc2cccc(Br)c2)o1. The van der Waals surface area contributed by atoms with E-state index >= 15 is 0 Å². The Morgan fingerprint density at radius 2 is 2.21 bits per heavy atom. The number of nitrogens with zero attached hydrogens (tertiary/aromatic N) is 2. The maximum absolute atomic E-state index is 5.69. The number of hydrogen-bond donors (Lipinski definition) is 1. The van der Waals surface area contributed by atoms with Crippen molar-refractivity contribution >= 4 is 15.9 Å². The summed E-state index contributed by atoms with van der Waals surface area (Å²) in [5.41, 5.74) is 1.15. The Labute approximate surface area is 121 Å². The molecule has 1 aromatic heterocycles. The minimum absolute atomic E-state index is 0.101. The number of benzene rings is 1. The topological polar surface area (TPSA) is 51.0 Å². The Kier molecular flexibility index (Phi) is 5.10. The van der Waals surface area contributed by atoms with Gasteiger partial charge >= 0.3 is 0 Å². The van der Waals surface area contributed by atoms with Gasteiger partial charge < -0.3 is 9.73 Å². The van der Waals surface area contributed by atoms with Crippen LogP contribution in [0.25, 0.3) is 0 Å². The van der Waals surface area contributed by atoms with Crippen LogP contribution in [-0.4, -0.2) is 16.7 Å². The number of hydrogen-bond acceptors (Lipinski definition) is 4. The van der Waals surface area contributed by atoms with E-state index < -0.39 is 0 Å². The van der Waals surface area contributed by atoms with Crippen molar-refractivity contribution in [1.82, 2.24) is 15.5 Å². The van der Waals surface area contributed by atoms with Gasteiger partial charge in [0, 0.05) is 4.47 Å². The first kappa shape index (κ1) is 14.2. The Morgan fingerprint density at radius 1 is 1.37 bits per heavy atom. The molecule has 19 heavy (non-hydrogen) atoms. The second-order valence-corrected chi connectivity index (χ2v) is 5.43. The van der Waals surface area contributed by atoms with Crippen molar-refractivity contribution in [2.45, 2.75) is 32.7 Å². The fourth-order valence-electron chi connectivity index (χ4n) is 1.78. The van der Waals surface area contributed by atoms with Gasteiger partial charge in [0.2, 0.25) is 11.8 Å². The van der Waals surface area contributed by atoms with Crippen LogP contribution in [0.2, 0.25) is 0 Å². The molecular weight excluding hydrogens is 306 g/mol. The van der Waals surface area contributed by atoms with Crippen LogP contribution in [-0.2, 0) is 6.42 Å². The molecule has 1 unspecified atom stereocenters. The minimum Gasteiger partial charge on any atom is -0.423 e. The number of aromatic nitrogens is 2. The summed E-state index contributed by atoms with van der Waals surface area (Å²) in [4.78, 5) is 0. The highest BCUT2D eigenvalue weighted by Crippen LogP contribution is 2.16. The molecular formula is C14H18BrN3O. The van der Waals surface area contributed by atoms with Crippen LogP contribution in [0.15, 0.2) is 33.2 Å². The zero-order chi connectivity index (χ0) is 13.7. The van der Waals surface area contributed by atoms with Crippen molar-refractivity contribution in [2.24, 2.45) is 0 Å². The van der Waals surface area contributed by atoms with E-state index in [1.165, 1.54) is 0 Å². The van der Waals surface area contributed by atoms with E-state index in [0.29, 0.717) is 18.2 Å². The molecule has 0 aliphatic carbocycles. The maximum atomic E-state index is 5.69. The number of nitrogens with one attached hydrogen (secondary N) is 1. The first-order chi connectivity index (χ1) is 9.19. The lowest BCUT2D eigenvalue weighted by atomic mass is 10.1. The van der Waals surface area contributed by atoms with Crippen LogP contribution in [0.3, 0.4) is 0 Å². The first-order valence-electron chi connectivity index (χ1n) is 6.49. The van der Waals surface area contributed by atoms with Crippen molar-refractivity contribution in [3.8, 4) is 0 Å². The summed E-state index contributed by atoms with van der Waals surface area (Å²) in [5.74, 6) is 1.30.